The Kier molecular flexibility index (Phi) is 6.96. The molecule has 1 aliphatic heterocycles. The standard InChI is InChI=1S/C24H29ClN3O3S/c1-32(30,31)28(18-20-6-7-20)23-5-3-2-4-22(23)26-14-16-27(17-15-26)24(29)13-10-19-8-11-21(25)12-9-19/h2-5,8-9,11-13,20H,6-7,10,14-18H2,1H3. The number of sulfonamides is 1. The molecule has 0 atom stereocenters. The molecule has 2 fully saturated rings. The lowest BCUT2D eigenvalue weighted by Crippen LogP contribution is -2.49. The number of para-hydroxylation sites is 2. The number of carbonyl (C=O) groups is 1. The number of piperazine rings is 1. The van der Waals surface area contributed by atoms with Crippen LogP contribution in [0.15, 0.2) is 48.5 Å². The quantitative estimate of drug-likeness (QED) is 0.586. The number of halogens is 1. The summed E-state index contributed by atoms with van der Waals surface area (Å²) < 4.78 is 26.6. The lowest BCUT2D eigenvalue weighted by Gasteiger charge is -2.38. The largest absolute Gasteiger partial charge is 0.366 e. The van der Waals surface area contributed by atoms with Crippen molar-refractivity contribution < 1.29 is 13.2 Å². The summed E-state index contributed by atoms with van der Waals surface area (Å²) in [5.41, 5.74) is 2.69. The third-order valence-corrected chi connectivity index (χ3v) is 7.43. The van der Waals surface area contributed by atoms with Crippen molar-refractivity contribution in [3.05, 3.63) is 65.5 Å². The highest BCUT2D eigenvalue weighted by Crippen LogP contribution is 2.36. The van der Waals surface area contributed by atoms with E-state index in [4.69, 9.17) is 11.6 Å². The van der Waals surface area contributed by atoms with Crippen LogP contribution in [0.5, 0.6) is 0 Å². The number of benzene rings is 2. The van der Waals surface area contributed by atoms with Crippen molar-refractivity contribution in [2.75, 3.05) is 48.2 Å². The van der Waals surface area contributed by atoms with Crippen molar-refractivity contribution in [1.29, 1.82) is 0 Å². The maximum atomic E-state index is 12.7. The van der Waals surface area contributed by atoms with E-state index in [9.17, 15) is 13.2 Å². The Morgan fingerprint density at radius 3 is 2.34 bits per heavy atom. The first kappa shape index (κ1) is 22.9. The van der Waals surface area contributed by atoms with Crippen molar-refractivity contribution in [1.82, 2.24) is 4.90 Å². The molecule has 1 aliphatic carbocycles. The van der Waals surface area contributed by atoms with E-state index in [1.165, 1.54) is 6.26 Å². The second-order valence-electron chi connectivity index (χ2n) is 8.57. The van der Waals surface area contributed by atoms with Crippen molar-refractivity contribution in [3.63, 3.8) is 0 Å². The fraction of sp³-hybridized carbons (Fsp3) is 0.417. The predicted octanol–water partition coefficient (Wildman–Crippen LogP) is 3.61. The van der Waals surface area contributed by atoms with E-state index in [1.807, 2.05) is 53.4 Å². The number of rotatable bonds is 8. The van der Waals surface area contributed by atoms with Gasteiger partial charge in [-0.15, -0.1) is 0 Å². The molecule has 0 N–H and O–H groups in total. The maximum Gasteiger partial charge on any atom is 0.232 e. The fourth-order valence-electron chi connectivity index (χ4n) is 4.01. The van der Waals surface area contributed by atoms with Crippen LogP contribution in [0.3, 0.4) is 0 Å². The third kappa shape index (κ3) is 5.75. The molecule has 171 valence electrons. The summed E-state index contributed by atoms with van der Waals surface area (Å²) in [5, 5.41) is 0.683. The summed E-state index contributed by atoms with van der Waals surface area (Å²) in [7, 11) is -3.37. The van der Waals surface area contributed by atoms with E-state index in [0.717, 1.165) is 29.8 Å². The van der Waals surface area contributed by atoms with Crippen LogP contribution in [0.4, 0.5) is 11.4 Å². The van der Waals surface area contributed by atoms with Gasteiger partial charge in [-0.2, -0.15) is 0 Å². The number of hydrogen-bond acceptors (Lipinski definition) is 4. The number of carbonyl (C=O) groups excluding carboxylic acids is 1. The lowest BCUT2D eigenvalue weighted by atomic mass is 10.1. The van der Waals surface area contributed by atoms with Crippen LogP contribution in [-0.2, 0) is 21.2 Å². The number of anilines is 2. The Hall–Kier alpha value is -2.25. The minimum absolute atomic E-state index is 0.0272. The van der Waals surface area contributed by atoms with Gasteiger partial charge in [-0.25, -0.2) is 8.42 Å². The SMILES string of the molecule is CS(=O)(=O)N(CC1CC1)c1ccccc1N1CCN(C(=O)[CH]Cc2ccc(Cl)cc2)CC1. The van der Waals surface area contributed by atoms with E-state index < -0.39 is 10.0 Å². The zero-order valence-corrected chi connectivity index (χ0v) is 19.9. The molecule has 1 radical (unpaired) electrons. The molecule has 2 aliphatic rings. The average molecular weight is 475 g/mol. The molecule has 4 rings (SSSR count). The van der Waals surface area contributed by atoms with Gasteiger partial charge in [0.15, 0.2) is 0 Å². The molecule has 0 spiro atoms. The summed E-state index contributed by atoms with van der Waals surface area (Å²) in [4.78, 5) is 16.7. The van der Waals surface area contributed by atoms with Crippen LogP contribution in [0.2, 0.25) is 5.02 Å². The second kappa shape index (κ2) is 9.71. The molecule has 2 aromatic carbocycles. The summed E-state index contributed by atoms with van der Waals surface area (Å²) in [6.45, 7) is 3.07. The minimum atomic E-state index is -3.37. The van der Waals surface area contributed by atoms with Crippen molar-refractivity contribution in [3.8, 4) is 0 Å². The fourth-order valence-corrected chi connectivity index (χ4v) is 5.13. The predicted molar refractivity (Wildman–Crippen MR) is 130 cm³/mol. The molecule has 0 aromatic heterocycles. The topological polar surface area (TPSA) is 60.9 Å². The molecule has 2 aromatic rings. The van der Waals surface area contributed by atoms with Gasteiger partial charge < -0.3 is 9.80 Å². The zero-order chi connectivity index (χ0) is 22.7. The first-order valence-electron chi connectivity index (χ1n) is 11.0. The van der Waals surface area contributed by atoms with Crippen LogP contribution in [-0.4, -0.2) is 58.2 Å². The van der Waals surface area contributed by atoms with Gasteiger partial charge in [0.25, 0.3) is 0 Å². The van der Waals surface area contributed by atoms with Crippen LogP contribution in [0.1, 0.15) is 18.4 Å². The van der Waals surface area contributed by atoms with E-state index in [-0.39, 0.29) is 5.91 Å². The molecule has 8 heteroatoms. The Balaban J connectivity index is 1.39. The van der Waals surface area contributed by atoms with Gasteiger partial charge in [0.2, 0.25) is 15.9 Å². The highest BCUT2D eigenvalue weighted by Gasteiger charge is 2.31. The molecule has 1 saturated carbocycles. The molecular formula is C24H29ClN3O3S. The molecule has 1 heterocycles. The Labute approximate surface area is 195 Å². The Morgan fingerprint density at radius 1 is 1.06 bits per heavy atom. The van der Waals surface area contributed by atoms with Gasteiger partial charge in [-0.1, -0.05) is 35.9 Å². The molecular weight excluding hydrogens is 446 g/mol. The second-order valence-corrected chi connectivity index (χ2v) is 10.9. The smallest absolute Gasteiger partial charge is 0.232 e. The van der Waals surface area contributed by atoms with E-state index >= 15 is 0 Å². The highest BCUT2D eigenvalue weighted by atomic mass is 35.5. The number of amides is 1. The van der Waals surface area contributed by atoms with Crippen LogP contribution >= 0.6 is 11.6 Å². The summed E-state index contributed by atoms with van der Waals surface area (Å²) in [5.74, 6) is 0.475. The Morgan fingerprint density at radius 2 is 1.72 bits per heavy atom. The van der Waals surface area contributed by atoms with Crippen LogP contribution in [0.25, 0.3) is 0 Å². The van der Waals surface area contributed by atoms with Crippen molar-refractivity contribution >= 4 is 38.9 Å². The number of hydrogen-bond donors (Lipinski definition) is 0. The molecule has 1 amide bonds. The maximum absolute atomic E-state index is 12.7. The highest BCUT2D eigenvalue weighted by molar-refractivity contribution is 7.92. The number of nitrogens with zero attached hydrogens (tertiary/aromatic N) is 3. The van der Waals surface area contributed by atoms with E-state index in [0.29, 0.717) is 50.1 Å². The van der Waals surface area contributed by atoms with Crippen LogP contribution < -0.4 is 9.21 Å². The molecule has 0 bridgehead atoms. The van der Waals surface area contributed by atoms with Crippen molar-refractivity contribution in [2.24, 2.45) is 5.92 Å². The van der Waals surface area contributed by atoms with E-state index in [1.54, 1.807) is 10.7 Å². The Bertz CT molecular complexity index is 1050. The van der Waals surface area contributed by atoms with Gasteiger partial charge in [0.05, 0.1) is 24.1 Å². The zero-order valence-electron chi connectivity index (χ0n) is 18.3. The van der Waals surface area contributed by atoms with Gasteiger partial charge >= 0.3 is 0 Å². The lowest BCUT2D eigenvalue weighted by molar-refractivity contribution is -0.127. The van der Waals surface area contributed by atoms with Gasteiger partial charge in [-0.3, -0.25) is 9.10 Å². The molecule has 32 heavy (non-hydrogen) atoms. The normalized spacial score (nSPS) is 16.8. The average Bonchev–Trinajstić information content (AvgIpc) is 3.61. The van der Waals surface area contributed by atoms with Gasteiger partial charge in [0, 0.05) is 37.7 Å². The first-order valence-corrected chi connectivity index (χ1v) is 13.2. The van der Waals surface area contributed by atoms with Crippen molar-refractivity contribution in [2.45, 2.75) is 19.3 Å². The van der Waals surface area contributed by atoms with Crippen LogP contribution in [0, 0.1) is 12.3 Å². The monoisotopic (exact) mass is 474 g/mol. The van der Waals surface area contributed by atoms with Gasteiger partial charge in [0.1, 0.15) is 0 Å². The molecule has 6 nitrogen and oxygen atoms in total. The molecule has 0 unspecified atom stereocenters. The molecule has 1 saturated heterocycles. The minimum Gasteiger partial charge on any atom is -0.366 e. The van der Waals surface area contributed by atoms with E-state index in [2.05, 4.69) is 4.90 Å². The third-order valence-electron chi connectivity index (χ3n) is 6.03. The van der Waals surface area contributed by atoms with Gasteiger partial charge in [-0.05, 0) is 55.0 Å². The first-order chi connectivity index (χ1) is 15.3. The summed E-state index contributed by atoms with van der Waals surface area (Å²) >= 11 is 5.92. The summed E-state index contributed by atoms with van der Waals surface area (Å²) in [6.07, 6.45) is 5.74. The summed E-state index contributed by atoms with van der Waals surface area (Å²) in [6, 6.07) is 15.2.